The van der Waals surface area contributed by atoms with Crippen LogP contribution in [0.2, 0.25) is 0 Å². The highest BCUT2D eigenvalue weighted by atomic mass is 16.2. The Balaban J connectivity index is 2.38. The third-order valence-corrected chi connectivity index (χ3v) is 3.08. The summed E-state index contributed by atoms with van der Waals surface area (Å²) in [5, 5.41) is 4.32. The third kappa shape index (κ3) is 1.38. The van der Waals surface area contributed by atoms with E-state index < -0.39 is 0 Å². The van der Waals surface area contributed by atoms with Crippen molar-refractivity contribution in [3.63, 3.8) is 0 Å². The number of nitrogens with zero attached hydrogens (tertiary/aromatic N) is 3. The summed E-state index contributed by atoms with van der Waals surface area (Å²) in [5.41, 5.74) is 8.22. The molecular formula is C10H16N4O. The van der Waals surface area contributed by atoms with Crippen LogP contribution >= 0.6 is 0 Å². The first-order valence-corrected chi connectivity index (χ1v) is 5.08. The van der Waals surface area contributed by atoms with Crippen LogP contribution in [0.3, 0.4) is 0 Å². The lowest BCUT2D eigenvalue weighted by molar-refractivity contribution is -0.129. The molecule has 1 aliphatic rings. The summed E-state index contributed by atoms with van der Waals surface area (Å²) in [6.45, 7) is 4.56. The van der Waals surface area contributed by atoms with E-state index in [0.717, 1.165) is 24.4 Å². The number of likely N-dealkylation sites (tertiary alicyclic amines) is 1. The number of likely N-dealkylation sites (N-methyl/N-ethyl adjacent to an activating group) is 1. The molecular weight excluding hydrogens is 192 g/mol. The first-order chi connectivity index (χ1) is 7.02. The van der Waals surface area contributed by atoms with Crippen LogP contribution in [0.4, 0.5) is 5.69 Å². The molecule has 0 radical (unpaired) electrons. The monoisotopic (exact) mass is 208 g/mol. The van der Waals surface area contributed by atoms with Gasteiger partial charge in [-0.2, -0.15) is 5.10 Å². The molecule has 5 heteroatoms. The number of amides is 1. The maximum Gasteiger partial charge on any atom is 0.247 e. The largest absolute Gasteiger partial charge is 0.396 e. The molecule has 1 atom stereocenters. The molecule has 2 rings (SSSR count). The van der Waals surface area contributed by atoms with Crippen LogP contribution in [-0.4, -0.2) is 34.2 Å². The second-order valence-electron chi connectivity index (χ2n) is 4.09. The second kappa shape index (κ2) is 3.25. The molecule has 5 nitrogen and oxygen atoms in total. The quantitative estimate of drug-likeness (QED) is 0.730. The van der Waals surface area contributed by atoms with Crippen molar-refractivity contribution >= 4 is 11.6 Å². The topological polar surface area (TPSA) is 64.2 Å². The molecule has 1 saturated heterocycles. The van der Waals surface area contributed by atoms with Crippen LogP contribution in [0.1, 0.15) is 23.9 Å². The van der Waals surface area contributed by atoms with Crippen molar-refractivity contribution in [3.05, 3.63) is 11.4 Å². The number of nitrogens with two attached hydrogens (primary N) is 1. The Bertz CT molecular complexity index is 410. The summed E-state index contributed by atoms with van der Waals surface area (Å²) in [6.07, 6.45) is 0.816. The Labute approximate surface area is 88.8 Å². The molecule has 2 heterocycles. The van der Waals surface area contributed by atoms with Crippen LogP contribution in [0.25, 0.3) is 0 Å². The van der Waals surface area contributed by atoms with E-state index in [2.05, 4.69) is 5.10 Å². The lowest BCUT2D eigenvalue weighted by Crippen LogP contribution is -2.25. The van der Waals surface area contributed by atoms with Crippen molar-refractivity contribution < 1.29 is 4.79 Å². The predicted molar refractivity (Wildman–Crippen MR) is 57.4 cm³/mol. The van der Waals surface area contributed by atoms with E-state index in [1.165, 1.54) is 0 Å². The van der Waals surface area contributed by atoms with E-state index in [4.69, 9.17) is 5.73 Å². The van der Waals surface area contributed by atoms with E-state index in [1.54, 1.807) is 9.58 Å². The van der Waals surface area contributed by atoms with Gasteiger partial charge in [-0.15, -0.1) is 0 Å². The molecule has 1 amide bonds. The summed E-state index contributed by atoms with van der Waals surface area (Å²) >= 11 is 0. The standard InChI is InChI=1S/C10H16N4O/c1-6-9(11)7(2)14(12-6)8-4-5-13(3)10(8)15/h8H,4-5,11H2,1-3H3. The smallest absolute Gasteiger partial charge is 0.247 e. The zero-order chi connectivity index (χ0) is 11.2. The number of aromatic nitrogens is 2. The number of nitrogen functional groups attached to an aromatic ring is 1. The Morgan fingerprint density at radius 1 is 1.47 bits per heavy atom. The maximum atomic E-state index is 11.8. The minimum atomic E-state index is -0.161. The average Bonchev–Trinajstić information content (AvgIpc) is 2.64. The third-order valence-electron chi connectivity index (χ3n) is 3.08. The fraction of sp³-hybridized carbons (Fsp3) is 0.600. The van der Waals surface area contributed by atoms with E-state index in [0.29, 0.717) is 5.69 Å². The lowest BCUT2D eigenvalue weighted by Gasteiger charge is -2.12. The van der Waals surface area contributed by atoms with Gasteiger partial charge in [-0.25, -0.2) is 0 Å². The lowest BCUT2D eigenvalue weighted by atomic mass is 10.2. The van der Waals surface area contributed by atoms with Gasteiger partial charge in [-0.3, -0.25) is 9.48 Å². The van der Waals surface area contributed by atoms with Crippen molar-refractivity contribution in [1.82, 2.24) is 14.7 Å². The zero-order valence-corrected chi connectivity index (χ0v) is 9.32. The fourth-order valence-corrected chi connectivity index (χ4v) is 2.01. The number of carbonyl (C=O) groups is 1. The maximum absolute atomic E-state index is 11.8. The summed E-state index contributed by atoms with van der Waals surface area (Å²) in [5.74, 6) is 0.126. The minimum Gasteiger partial charge on any atom is -0.396 e. The van der Waals surface area contributed by atoms with Crippen molar-refractivity contribution in [1.29, 1.82) is 0 Å². The Kier molecular flexibility index (Phi) is 2.17. The zero-order valence-electron chi connectivity index (χ0n) is 9.32. The number of carbonyl (C=O) groups excluding carboxylic acids is 1. The van der Waals surface area contributed by atoms with E-state index in [1.807, 2.05) is 20.9 Å². The van der Waals surface area contributed by atoms with Crippen molar-refractivity contribution in [2.45, 2.75) is 26.3 Å². The molecule has 82 valence electrons. The highest BCUT2D eigenvalue weighted by Crippen LogP contribution is 2.26. The molecule has 2 N–H and O–H groups in total. The Hall–Kier alpha value is -1.52. The van der Waals surface area contributed by atoms with Crippen LogP contribution in [-0.2, 0) is 4.79 Å². The minimum absolute atomic E-state index is 0.126. The molecule has 0 bridgehead atoms. The summed E-state index contributed by atoms with van der Waals surface area (Å²) < 4.78 is 1.76. The first kappa shape index (κ1) is 10.0. The number of hydrogen-bond acceptors (Lipinski definition) is 3. The Morgan fingerprint density at radius 2 is 2.13 bits per heavy atom. The first-order valence-electron chi connectivity index (χ1n) is 5.08. The van der Waals surface area contributed by atoms with Gasteiger partial charge in [0, 0.05) is 13.6 Å². The molecule has 0 aliphatic carbocycles. The number of anilines is 1. The molecule has 1 aliphatic heterocycles. The molecule has 1 aromatic rings. The van der Waals surface area contributed by atoms with Crippen molar-refractivity contribution in [2.24, 2.45) is 0 Å². The molecule has 1 aromatic heterocycles. The van der Waals surface area contributed by atoms with Crippen LogP contribution in [0, 0.1) is 13.8 Å². The van der Waals surface area contributed by atoms with Gasteiger partial charge < -0.3 is 10.6 Å². The molecule has 1 unspecified atom stereocenters. The van der Waals surface area contributed by atoms with Gasteiger partial charge in [0.15, 0.2) is 0 Å². The molecule has 0 aromatic carbocycles. The van der Waals surface area contributed by atoms with Gasteiger partial charge in [0.25, 0.3) is 0 Å². The van der Waals surface area contributed by atoms with Gasteiger partial charge in [0.05, 0.1) is 17.1 Å². The highest BCUT2D eigenvalue weighted by Gasteiger charge is 2.32. The molecule has 1 fully saturated rings. The van der Waals surface area contributed by atoms with Crippen molar-refractivity contribution in [3.8, 4) is 0 Å². The van der Waals surface area contributed by atoms with Gasteiger partial charge in [-0.05, 0) is 20.3 Å². The number of aryl methyl sites for hydroxylation is 1. The van der Waals surface area contributed by atoms with Gasteiger partial charge in [-0.1, -0.05) is 0 Å². The number of hydrogen-bond donors (Lipinski definition) is 1. The normalized spacial score (nSPS) is 21.4. The van der Waals surface area contributed by atoms with E-state index >= 15 is 0 Å². The average molecular weight is 208 g/mol. The SMILES string of the molecule is Cc1nn(C2CCN(C)C2=O)c(C)c1N. The predicted octanol–water partition coefficient (Wildman–Crippen LogP) is 0.485. The van der Waals surface area contributed by atoms with Crippen LogP contribution in [0.15, 0.2) is 0 Å². The van der Waals surface area contributed by atoms with E-state index in [-0.39, 0.29) is 11.9 Å². The highest BCUT2D eigenvalue weighted by molar-refractivity contribution is 5.82. The van der Waals surface area contributed by atoms with Gasteiger partial charge >= 0.3 is 0 Å². The molecule has 0 spiro atoms. The van der Waals surface area contributed by atoms with Crippen LogP contribution < -0.4 is 5.73 Å². The fourth-order valence-electron chi connectivity index (χ4n) is 2.01. The van der Waals surface area contributed by atoms with Crippen molar-refractivity contribution in [2.75, 3.05) is 19.3 Å². The second-order valence-corrected chi connectivity index (χ2v) is 4.09. The van der Waals surface area contributed by atoms with Gasteiger partial charge in [0.2, 0.25) is 5.91 Å². The van der Waals surface area contributed by atoms with Crippen LogP contribution in [0.5, 0.6) is 0 Å². The summed E-state index contributed by atoms with van der Waals surface area (Å²) in [4.78, 5) is 13.5. The van der Waals surface area contributed by atoms with E-state index in [9.17, 15) is 4.79 Å². The Morgan fingerprint density at radius 3 is 2.53 bits per heavy atom. The summed E-state index contributed by atoms with van der Waals surface area (Å²) in [6, 6.07) is -0.161. The molecule has 15 heavy (non-hydrogen) atoms. The number of rotatable bonds is 1. The van der Waals surface area contributed by atoms with Gasteiger partial charge in [0.1, 0.15) is 6.04 Å². The molecule has 0 saturated carbocycles. The summed E-state index contributed by atoms with van der Waals surface area (Å²) in [7, 11) is 1.82.